The molecule has 1 aliphatic rings. The van der Waals surface area contributed by atoms with Crippen LogP contribution in [0.15, 0.2) is 59.4 Å². The Labute approximate surface area is 157 Å². The summed E-state index contributed by atoms with van der Waals surface area (Å²) in [6.07, 6.45) is 0. The molecule has 1 fully saturated rings. The summed E-state index contributed by atoms with van der Waals surface area (Å²) in [5.74, 6) is -0.354. The topological polar surface area (TPSA) is 49.9 Å². The van der Waals surface area contributed by atoms with Crippen LogP contribution >= 0.6 is 0 Å². The highest BCUT2D eigenvalue weighted by molar-refractivity contribution is 5.98. The standard InChI is InChI=1S/C22H22N2O3/c1-23-10-11-24(15-23)12-13-27-22(26)18-8-9-20-17(14-18)7-6-16-4-2-3-5-19(16)21(20)25/h2-9,14H,10-13,15H2,1H3. The predicted molar refractivity (Wildman–Crippen MR) is 107 cm³/mol. The Morgan fingerprint density at radius 3 is 2.59 bits per heavy atom. The normalized spacial score (nSPS) is 15.4. The van der Waals surface area contributed by atoms with Gasteiger partial charge in [0.05, 0.1) is 12.2 Å². The van der Waals surface area contributed by atoms with Crippen LogP contribution in [0.25, 0.3) is 21.5 Å². The SMILES string of the molecule is CN1CCN(CCOC(=O)c2ccc3c(=O)c4ccccc4ccc3c2)C1. The fourth-order valence-electron chi connectivity index (χ4n) is 3.54. The summed E-state index contributed by atoms with van der Waals surface area (Å²) in [5.41, 5.74) is 0.444. The van der Waals surface area contributed by atoms with Crippen LogP contribution < -0.4 is 5.43 Å². The number of hydrogen-bond acceptors (Lipinski definition) is 5. The van der Waals surface area contributed by atoms with Crippen molar-refractivity contribution in [1.29, 1.82) is 0 Å². The minimum atomic E-state index is -0.354. The van der Waals surface area contributed by atoms with Gasteiger partial charge in [-0.2, -0.15) is 0 Å². The van der Waals surface area contributed by atoms with E-state index >= 15 is 0 Å². The van der Waals surface area contributed by atoms with E-state index < -0.39 is 0 Å². The van der Waals surface area contributed by atoms with Crippen LogP contribution in [-0.4, -0.2) is 55.7 Å². The summed E-state index contributed by atoms with van der Waals surface area (Å²) in [6, 6.07) is 16.4. The van der Waals surface area contributed by atoms with E-state index in [1.54, 1.807) is 18.2 Å². The van der Waals surface area contributed by atoms with Gasteiger partial charge in [-0.15, -0.1) is 0 Å². The maximum atomic E-state index is 12.8. The van der Waals surface area contributed by atoms with Crippen molar-refractivity contribution in [3.8, 4) is 0 Å². The molecule has 4 rings (SSSR count). The lowest BCUT2D eigenvalue weighted by molar-refractivity contribution is 0.0467. The van der Waals surface area contributed by atoms with Crippen molar-refractivity contribution in [1.82, 2.24) is 9.80 Å². The Morgan fingerprint density at radius 1 is 1.00 bits per heavy atom. The minimum Gasteiger partial charge on any atom is -0.461 e. The van der Waals surface area contributed by atoms with Gasteiger partial charge < -0.3 is 4.74 Å². The molecule has 0 aromatic heterocycles. The van der Waals surface area contributed by atoms with Crippen molar-refractivity contribution in [3.63, 3.8) is 0 Å². The van der Waals surface area contributed by atoms with Gasteiger partial charge in [0.15, 0.2) is 5.43 Å². The molecule has 5 nitrogen and oxygen atoms in total. The fourth-order valence-corrected chi connectivity index (χ4v) is 3.54. The van der Waals surface area contributed by atoms with Gasteiger partial charge in [-0.3, -0.25) is 14.6 Å². The quantitative estimate of drug-likeness (QED) is 0.668. The third-order valence-electron chi connectivity index (χ3n) is 5.06. The maximum Gasteiger partial charge on any atom is 0.338 e. The highest BCUT2D eigenvalue weighted by Gasteiger charge is 2.16. The number of carbonyl (C=O) groups excluding carboxylic acids is 1. The second-order valence-electron chi connectivity index (χ2n) is 7.03. The highest BCUT2D eigenvalue weighted by Crippen LogP contribution is 2.17. The molecule has 3 aromatic carbocycles. The molecular formula is C22H22N2O3. The molecule has 0 saturated carbocycles. The first-order valence-electron chi connectivity index (χ1n) is 9.16. The summed E-state index contributed by atoms with van der Waals surface area (Å²) in [5, 5.41) is 2.91. The molecular weight excluding hydrogens is 340 g/mol. The molecule has 0 amide bonds. The third kappa shape index (κ3) is 3.70. The molecule has 1 aliphatic heterocycles. The van der Waals surface area contributed by atoms with E-state index in [2.05, 4.69) is 16.8 Å². The summed E-state index contributed by atoms with van der Waals surface area (Å²) < 4.78 is 5.43. The predicted octanol–water partition coefficient (Wildman–Crippen LogP) is 2.71. The molecule has 27 heavy (non-hydrogen) atoms. The molecule has 0 spiro atoms. The molecule has 1 saturated heterocycles. The Kier molecular flexibility index (Phi) is 4.88. The van der Waals surface area contributed by atoms with Crippen molar-refractivity contribution >= 4 is 27.5 Å². The van der Waals surface area contributed by atoms with E-state index in [-0.39, 0.29) is 11.4 Å². The van der Waals surface area contributed by atoms with Crippen LogP contribution in [-0.2, 0) is 4.74 Å². The van der Waals surface area contributed by atoms with Gasteiger partial charge in [0, 0.05) is 30.4 Å². The number of rotatable bonds is 4. The monoisotopic (exact) mass is 362 g/mol. The largest absolute Gasteiger partial charge is 0.461 e. The van der Waals surface area contributed by atoms with Crippen LogP contribution in [0, 0.1) is 0 Å². The van der Waals surface area contributed by atoms with E-state index in [1.807, 2.05) is 36.4 Å². The number of benzene rings is 2. The van der Waals surface area contributed by atoms with Gasteiger partial charge in [-0.05, 0) is 36.0 Å². The van der Waals surface area contributed by atoms with Gasteiger partial charge >= 0.3 is 5.97 Å². The first-order valence-corrected chi connectivity index (χ1v) is 9.16. The molecule has 3 aromatic rings. The number of likely N-dealkylation sites (N-methyl/N-ethyl adjacent to an activating group) is 1. The van der Waals surface area contributed by atoms with Crippen LogP contribution in [0.5, 0.6) is 0 Å². The van der Waals surface area contributed by atoms with Gasteiger partial charge in [0.1, 0.15) is 6.61 Å². The molecule has 0 aliphatic carbocycles. The first-order chi connectivity index (χ1) is 13.1. The van der Waals surface area contributed by atoms with E-state index in [9.17, 15) is 9.59 Å². The van der Waals surface area contributed by atoms with Crippen LogP contribution in [0.3, 0.4) is 0 Å². The molecule has 138 valence electrons. The lowest BCUT2D eigenvalue weighted by Crippen LogP contribution is -2.27. The summed E-state index contributed by atoms with van der Waals surface area (Å²) in [4.78, 5) is 29.7. The molecule has 0 radical (unpaired) electrons. The highest BCUT2D eigenvalue weighted by atomic mass is 16.5. The molecule has 5 heteroatoms. The lowest BCUT2D eigenvalue weighted by Gasteiger charge is -2.15. The van der Waals surface area contributed by atoms with Gasteiger partial charge in [-0.25, -0.2) is 4.79 Å². The smallest absolute Gasteiger partial charge is 0.338 e. The molecule has 1 heterocycles. The van der Waals surface area contributed by atoms with Crippen LogP contribution in [0.2, 0.25) is 0 Å². The van der Waals surface area contributed by atoms with E-state index in [4.69, 9.17) is 4.74 Å². The van der Waals surface area contributed by atoms with Crippen LogP contribution in [0.1, 0.15) is 10.4 Å². The molecule has 0 unspecified atom stereocenters. The third-order valence-corrected chi connectivity index (χ3v) is 5.06. The van der Waals surface area contributed by atoms with E-state index in [0.29, 0.717) is 22.9 Å². The van der Waals surface area contributed by atoms with Crippen LogP contribution in [0.4, 0.5) is 0 Å². The van der Waals surface area contributed by atoms with Crippen molar-refractivity contribution in [2.24, 2.45) is 0 Å². The Bertz CT molecular complexity index is 1060. The molecule has 0 N–H and O–H groups in total. The Hall–Kier alpha value is -2.76. The zero-order chi connectivity index (χ0) is 18.8. The summed E-state index contributed by atoms with van der Waals surface area (Å²) in [6.45, 7) is 4.05. The lowest BCUT2D eigenvalue weighted by atomic mass is 10.1. The number of nitrogens with zero attached hydrogens (tertiary/aromatic N) is 2. The van der Waals surface area contributed by atoms with Gasteiger partial charge in [-0.1, -0.05) is 36.4 Å². The Balaban J connectivity index is 1.55. The fraction of sp³-hybridized carbons (Fsp3) is 0.273. The van der Waals surface area contributed by atoms with E-state index in [1.165, 1.54) is 0 Å². The number of esters is 1. The van der Waals surface area contributed by atoms with Crippen molar-refractivity contribution in [3.05, 3.63) is 70.4 Å². The average Bonchev–Trinajstić information content (AvgIpc) is 3.04. The second kappa shape index (κ2) is 7.47. The summed E-state index contributed by atoms with van der Waals surface area (Å²) in [7, 11) is 2.08. The van der Waals surface area contributed by atoms with Crippen molar-refractivity contribution < 1.29 is 9.53 Å². The minimum absolute atomic E-state index is 0.0244. The first kappa shape index (κ1) is 17.6. The maximum absolute atomic E-state index is 12.8. The second-order valence-corrected chi connectivity index (χ2v) is 7.03. The van der Waals surface area contributed by atoms with Gasteiger partial charge in [0.2, 0.25) is 0 Å². The number of carbonyl (C=O) groups is 1. The number of hydrogen-bond donors (Lipinski definition) is 0. The summed E-state index contributed by atoms with van der Waals surface area (Å²) >= 11 is 0. The zero-order valence-corrected chi connectivity index (χ0v) is 15.4. The Morgan fingerprint density at radius 2 is 1.78 bits per heavy atom. The average molecular weight is 362 g/mol. The van der Waals surface area contributed by atoms with Crippen molar-refractivity contribution in [2.75, 3.05) is 40.0 Å². The van der Waals surface area contributed by atoms with Gasteiger partial charge in [0.25, 0.3) is 0 Å². The number of ether oxygens (including phenoxy) is 1. The zero-order valence-electron chi connectivity index (χ0n) is 15.4. The molecule has 0 atom stereocenters. The van der Waals surface area contributed by atoms with E-state index in [0.717, 1.165) is 37.1 Å². The molecule has 0 bridgehead atoms. The number of fused-ring (bicyclic) bond motifs is 2. The van der Waals surface area contributed by atoms with Crippen molar-refractivity contribution in [2.45, 2.75) is 0 Å².